The highest BCUT2D eigenvalue weighted by Gasteiger charge is 2.34. The number of aliphatic imine (C=N–C) groups is 1. The van der Waals surface area contributed by atoms with Gasteiger partial charge in [0.15, 0.2) is 5.17 Å². The molecule has 2 aliphatic rings. The fraction of sp³-hybridized carbons (Fsp3) is 0.318. The van der Waals surface area contributed by atoms with E-state index in [1.807, 2.05) is 41.3 Å². The third kappa shape index (κ3) is 4.28. The number of carbonyl (C=O) groups is 2. The molecular weight excluding hydrogens is 370 g/mol. The number of carbonyl (C=O) groups excluding carboxylic acids is 2. The average molecular weight is 394 g/mol. The van der Waals surface area contributed by atoms with Crippen molar-refractivity contribution >= 4 is 34.4 Å². The Kier molecular flexibility index (Phi) is 5.76. The summed E-state index contributed by atoms with van der Waals surface area (Å²) in [6.07, 6.45) is 2.98. The van der Waals surface area contributed by atoms with Crippen molar-refractivity contribution in [1.29, 1.82) is 0 Å². The second-order valence-electron chi connectivity index (χ2n) is 7.00. The molecule has 0 aliphatic carbocycles. The Balaban J connectivity index is 1.35. The Morgan fingerprint density at radius 1 is 1.14 bits per heavy atom. The molecule has 144 valence electrons. The smallest absolute Gasteiger partial charge is 0.240 e. The fourth-order valence-electron chi connectivity index (χ4n) is 3.61. The number of benzene rings is 2. The normalized spacial score (nSPS) is 20.1. The number of rotatable bonds is 5. The zero-order chi connectivity index (χ0) is 19.3. The summed E-state index contributed by atoms with van der Waals surface area (Å²) in [5.41, 5.74) is 3.41. The number of para-hydroxylation sites is 1. The van der Waals surface area contributed by atoms with Crippen LogP contribution in [-0.4, -0.2) is 35.3 Å². The van der Waals surface area contributed by atoms with Crippen LogP contribution in [0.5, 0.6) is 0 Å². The van der Waals surface area contributed by atoms with Crippen molar-refractivity contribution < 1.29 is 9.59 Å². The lowest BCUT2D eigenvalue weighted by Gasteiger charge is -2.29. The molecule has 1 unspecified atom stereocenters. The van der Waals surface area contributed by atoms with Gasteiger partial charge in [-0.3, -0.25) is 14.6 Å². The molecule has 0 spiro atoms. The molecule has 2 amide bonds. The molecule has 0 aromatic heterocycles. The van der Waals surface area contributed by atoms with Crippen molar-refractivity contribution in [2.45, 2.75) is 30.9 Å². The minimum Gasteiger partial charge on any atom is -0.312 e. The van der Waals surface area contributed by atoms with Gasteiger partial charge in [0.25, 0.3) is 0 Å². The van der Waals surface area contributed by atoms with Crippen LogP contribution < -0.4 is 10.2 Å². The monoisotopic (exact) mass is 393 g/mol. The van der Waals surface area contributed by atoms with Crippen molar-refractivity contribution in [2.24, 2.45) is 4.99 Å². The Morgan fingerprint density at radius 2 is 1.93 bits per heavy atom. The van der Waals surface area contributed by atoms with Gasteiger partial charge in [-0.1, -0.05) is 60.3 Å². The van der Waals surface area contributed by atoms with E-state index in [-0.39, 0.29) is 18.2 Å². The maximum atomic E-state index is 12.9. The van der Waals surface area contributed by atoms with Gasteiger partial charge < -0.3 is 10.2 Å². The number of anilines is 1. The molecule has 0 saturated carbocycles. The van der Waals surface area contributed by atoms with E-state index in [1.54, 1.807) is 0 Å². The van der Waals surface area contributed by atoms with Crippen molar-refractivity contribution in [3.63, 3.8) is 0 Å². The summed E-state index contributed by atoms with van der Waals surface area (Å²) in [5.74, 6) is -0.118. The number of hydrogen-bond acceptors (Lipinski definition) is 4. The van der Waals surface area contributed by atoms with Gasteiger partial charge in [-0.15, -0.1) is 0 Å². The van der Waals surface area contributed by atoms with Gasteiger partial charge in [0, 0.05) is 25.2 Å². The Hall–Kier alpha value is -2.60. The fourth-order valence-corrected chi connectivity index (χ4v) is 4.59. The summed E-state index contributed by atoms with van der Waals surface area (Å²) in [4.78, 5) is 31.5. The molecule has 1 saturated heterocycles. The average Bonchev–Trinajstić information content (AvgIpc) is 3.07. The number of amidine groups is 1. The first-order valence-corrected chi connectivity index (χ1v) is 10.5. The molecule has 28 heavy (non-hydrogen) atoms. The lowest BCUT2D eigenvalue weighted by molar-refractivity contribution is -0.123. The summed E-state index contributed by atoms with van der Waals surface area (Å²) in [7, 11) is 0. The summed E-state index contributed by atoms with van der Waals surface area (Å²) in [5, 5.41) is 3.04. The minimum absolute atomic E-state index is 0.00494. The molecule has 0 bridgehead atoms. The Morgan fingerprint density at radius 3 is 2.79 bits per heavy atom. The van der Waals surface area contributed by atoms with E-state index in [2.05, 4.69) is 28.5 Å². The predicted molar refractivity (Wildman–Crippen MR) is 114 cm³/mol. The van der Waals surface area contributed by atoms with Crippen LogP contribution in [0, 0.1) is 0 Å². The molecule has 6 heteroatoms. The Bertz CT molecular complexity index is 898. The van der Waals surface area contributed by atoms with Crippen LogP contribution in [0.3, 0.4) is 0 Å². The van der Waals surface area contributed by atoms with Gasteiger partial charge in [-0.2, -0.15) is 0 Å². The van der Waals surface area contributed by atoms with Gasteiger partial charge in [-0.05, 0) is 36.5 Å². The number of fused-ring (bicyclic) bond motifs is 1. The van der Waals surface area contributed by atoms with Gasteiger partial charge >= 0.3 is 0 Å². The van der Waals surface area contributed by atoms with Crippen LogP contribution in [-0.2, 0) is 22.4 Å². The minimum atomic E-state index is -0.405. The second kappa shape index (κ2) is 8.61. The van der Waals surface area contributed by atoms with E-state index in [0.717, 1.165) is 24.9 Å². The van der Waals surface area contributed by atoms with Crippen LogP contribution in [0.25, 0.3) is 0 Å². The lowest BCUT2D eigenvalue weighted by atomic mass is 10.0. The summed E-state index contributed by atoms with van der Waals surface area (Å²) >= 11 is 1.37. The first-order chi connectivity index (χ1) is 13.7. The number of nitrogens with one attached hydrogen (secondary N) is 1. The third-order valence-electron chi connectivity index (χ3n) is 5.05. The molecule has 0 radical (unpaired) electrons. The third-order valence-corrected chi connectivity index (χ3v) is 6.17. The molecule has 1 fully saturated rings. The zero-order valence-electron chi connectivity index (χ0n) is 15.6. The lowest BCUT2D eigenvalue weighted by Crippen LogP contribution is -2.38. The largest absolute Gasteiger partial charge is 0.312 e. The molecular formula is C22H23N3O2S. The van der Waals surface area contributed by atoms with Crippen LogP contribution in [0.2, 0.25) is 0 Å². The van der Waals surface area contributed by atoms with Gasteiger partial charge in [0.2, 0.25) is 11.8 Å². The predicted octanol–water partition coefficient (Wildman–Crippen LogP) is 3.19. The highest BCUT2D eigenvalue weighted by atomic mass is 32.2. The standard InChI is InChI=1S/C22H23N3O2S/c26-20(25-14-6-10-17-9-4-5-11-18(17)25)15-19-21(27)24-22(28-19)23-13-12-16-7-2-1-3-8-16/h1-5,7-9,11,19H,6,10,12-15H2,(H,23,24,27). The van der Waals surface area contributed by atoms with Crippen LogP contribution in [0.4, 0.5) is 5.69 Å². The first-order valence-electron chi connectivity index (χ1n) is 9.65. The van der Waals surface area contributed by atoms with Gasteiger partial charge in [0.1, 0.15) is 5.25 Å². The van der Waals surface area contributed by atoms with E-state index in [1.165, 1.54) is 22.9 Å². The van der Waals surface area contributed by atoms with E-state index in [0.29, 0.717) is 18.3 Å². The van der Waals surface area contributed by atoms with Crippen molar-refractivity contribution in [1.82, 2.24) is 5.32 Å². The van der Waals surface area contributed by atoms with E-state index in [9.17, 15) is 9.59 Å². The topological polar surface area (TPSA) is 61.8 Å². The molecule has 2 heterocycles. The summed E-state index contributed by atoms with van der Waals surface area (Å²) in [6.45, 7) is 1.33. The number of amides is 2. The SMILES string of the molecule is O=C1NC(=NCCc2ccccc2)SC1CC(=O)N1CCCc2ccccc21. The van der Waals surface area contributed by atoms with E-state index >= 15 is 0 Å². The maximum Gasteiger partial charge on any atom is 0.240 e. The highest BCUT2D eigenvalue weighted by molar-refractivity contribution is 8.15. The van der Waals surface area contributed by atoms with E-state index in [4.69, 9.17) is 0 Å². The first kappa shape index (κ1) is 18.7. The molecule has 1 N–H and O–H groups in total. The number of aryl methyl sites for hydroxylation is 1. The number of nitrogens with zero attached hydrogens (tertiary/aromatic N) is 2. The zero-order valence-corrected chi connectivity index (χ0v) is 16.5. The Labute approximate surface area is 169 Å². The second-order valence-corrected chi connectivity index (χ2v) is 8.19. The molecule has 2 aromatic carbocycles. The van der Waals surface area contributed by atoms with Crippen LogP contribution in [0.15, 0.2) is 59.6 Å². The number of hydrogen-bond donors (Lipinski definition) is 1. The molecule has 2 aliphatic heterocycles. The van der Waals surface area contributed by atoms with Crippen LogP contribution >= 0.6 is 11.8 Å². The molecule has 2 aromatic rings. The summed E-state index contributed by atoms with van der Waals surface area (Å²) in [6, 6.07) is 18.2. The van der Waals surface area contributed by atoms with Crippen molar-refractivity contribution in [2.75, 3.05) is 18.0 Å². The quantitative estimate of drug-likeness (QED) is 0.849. The van der Waals surface area contributed by atoms with Crippen molar-refractivity contribution in [3.05, 3.63) is 65.7 Å². The number of thioether (sulfide) groups is 1. The molecule has 4 rings (SSSR count). The molecule has 5 nitrogen and oxygen atoms in total. The maximum absolute atomic E-state index is 12.9. The molecule has 1 atom stereocenters. The van der Waals surface area contributed by atoms with Crippen LogP contribution in [0.1, 0.15) is 24.0 Å². The van der Waals surface area contributed by atoms with E-state index < -0.39 is 5.25 Å². The summed E-state index contributed by atoms with van der Waals surface area (Å²) < 4.78 is 0. The highest BCUT2D eigenvalue weighted by Crippen LogP contribution is 2.29. The van der Waals surface area contributed by atoms with Gasteiger partial charge in [0.05, 0.1) is 0 Å². The van der Waals surface area contributed by atoms with Gasteiger partial charge in [-0.25, -0.2) is 0 Å². The van der Waals surface area contributed by atoms with Crippen molar-refractivity contribution in [3.8, 4) is 0 Å².